The van der Waals surface area contributed by atoms with Crippen LogP contribution in [-0.2, 0) is 7.05 Å². The van der Waals surface area contributed by atoms with Gasteiger partial charge in [-0.05, 0) is 12.1 Å². The van der Waals surface area contributed by atoms with Gasteiger partial charge in [0, 0.05) is 23.8 Å². The van der Waals surface area contributed by atoms with Gasteiger partial charge in [-0.2, -0.15) is 0 Å². The predicted octanol–water partition coefficient (Wildman–Crippen LogP) is 0.543. The second-order valence-corrected chi connectivity index (χ2v) is 3.61. The molecule has 1 aliphatic rings. The Balaban J connectivity index is 2.64. The zero-order valence-corrected chi connectivity index (χ0v) is 8.51. The van der Waals surface area contributed by atoms with E-state index in [0.717, 1.165) is 17.7 Å². The Morgan fingerprint density at radius 3 is 3.27 bits per heavy atom. The maximum Gasteiger partial charge on any atom is 0.141 e. The number of nitrogens with zero attached hydrogens (tertiary/aromatic N) is 3. The van der Waals surface area contributed by atoms with Gasteiger partial charge in [0.2, 0.25) is 0 Å². The monoisotopic (exact) mass is 197 g/mol. The van der Waals surface area contributed by atoms with Gasteiger partial charge in [-0.1, -0.05) is 18.2 Å². The minimum Gasteiger partial charge on any atom is -0.313 e. The van der Waals surface area contributed by atoms with E-state index in [1.807, 2.05) is 23.9 Å². The van der Waals surface area contributed by atoms with Crippen molar-refractivity contribution < 1.29 is 0 Å². The zero-order chi connectivity index (χ0) is 10.3. The molecular formula is C12H11N3. The van der Waals surface area contributed by atoms with Crippen LogP contribution in [0.15, 0.2) is 35.5 Å². The zero-order valence-electron chi connectivity index (χ0n) is 8.51. The second-order valence-electron chi connectivity index (χ2n) is 3.61. The summed E-state index contributed by atoms with van der Waals surface area (Å²) >= 11 is 0. The number of rotatable bonds is 0. The van der Waals surface area contributed by atoms with Gasteiger partial charge in [0.15, 0.2) is 0 Å². The molecule has 15 heavy (non-hydrogen) atoms. The van der Waals surface area contributed by atoms with Crippen molar-refractivity contribution in [2.75, 3.05) is 6.54 Å². The van der Waals surface area contributed by atoms with Crippen LogP contribution in [-0.4, -0.2) is 16.1 Å². The fourth-order valence-electron chi connectivity index (χ4n) is 2.00. The lowest BCUT2D eigenvalue weighted by atomic mass is 10.3. The second kappa shape index (κ2) is 3.05. The summed E-state index contributed by atoms with van der Waals surface area (Å²) in [6, 6.07) is 4.05. The molecule has 0 aliphatic carbocycles. The molecule has 0 radical (unpaired) electrons. The number of pyridine rings is 1. The predicted molar refractivity (Wildman–Crippen MR) is 60.0 cm³/mol. The first-order valence-corrected chi connectivity index (χ1v) is 4.98. The number of aryl methyl sites for hydroxylation is 1. The molecule has 0 N–H and O–H groups in total. The van der Waals surface area contributed by atoms with Crippen LogP contribution in [0, 0.1) is 0 Å². The van der Waals surface area contributed by atoms with Gasteiger partial charge in [-0.25, -0.2) is 4.98 Å². The lowest BCUT2D eigenvalue weighted by Crippen LogP contribution is -2.27. The Kier molecular flexibility index (Phi) is 1.71. The smallest absolute Gasteiger partial charge is 0.141 e. The molecule has 3 rings (SSSR count). The number of hydrogen-bond acceptors (Lipinski definition) is 2. The SMILES string of the molecule is Cn1c2c(c3cccnc31)=CC=CCN=2. The largest absolute Gasteiger partial charge is 0.313 e. The highest BCUT2D eigenvalue weighted by Gasteiger charge is 2.05. The van der Waals surface area contributed by atoms with Crippen molar-refractivity contribution >= 4 is 17.1 Å². The van der Waals surface area contributed by atoms with Gasteiger partial charge < -0.3 is 4.57 Å². The summed E-state index contributed by atoms with van der Waals surface area (Å²) in [5, 5.41) is 2.35. The highest BCUT2D eigenvalue weighted by Crippen LogP contribution is 2.03. The van der Waals surface area contributed by atoms with Crippen molar-refractivity contribution in [1.82, 2.24) is 9.55 Å². The third-order valence-electron chi connectivity index (χ3n) is 2.70. The minimum absolute atomic E-state index is 0.744. The molecule has 0 fully saturated rings. The van der Waals surface area contributed by atoms with E-state index >= 15 is 0 Å². The fraction of sp³-hybridized carbons (Fsp3) is 0.167. The van der Waals surface area contributed by atoms with Gasteiger partial charge in [-0.3, -0.25) is 4.99 Å². The molecule has 2 aromatic rings. The van der Waals surface area contributed by atoms with E-state index in [1.165, 1.54) is 10.6 Å². The van der Waals surface area contributed by atoms with Crippen LogP contribution in [0.25, 0.3) is 17.1 Å². The fourth-order valence-corrected chi connectivity index (χ4v) is 2.00. The molecular weight excluding hydrogens is 186 g/mol. The van der Waals surface area contributed by atoms with E-state index in [1.54, 1.807) is 0 Å². The summed E-state index contributed by atoms with van der Waals surface area (Å²) in [5.41, 5.74) is 2.02. The molecule has 1 aliphatic heterocycles. The molecule has 0 saturated carbocycles. The summed E-state index contributed by atoms with van der Waals surface area (Å²) in [5.74, 6) is 0. The van der Waals surface area contributed by atoms with Gasteiger partial charge in [0.05, 0.1) is 6.54 Å². The van der Waals surface area contributed by atoms with E-state index in [2.05, 4.69) is 34.3 Å². The Labute approximate surface area is 87.1 Å². The standard InChI is InChI=1S/C12H11N3/c1-15-11-9(5-2-3-7-13-11)10-6-4-8-14-12(10)15/h2-6,8H,7H2,1H3. The Hall–Kier alpha value is -1.90. The van der Waals surface area contributed by atoms with Gasteiger partial charge in [0.1, 0.15) is 11.1 Å². The highest BCUT2D eigenvalue weighted by atomic mass is 15.0. The van der Waals surface area contributed by atoms with E-state index in [4.69, 9.17) is 0 Å². The molecule has 0 atom stereocenters. The molecule has 2 aromatic heterocycles. The topological polar surface area (TPSA) is 30.2 Å². The summed E-state index contributed by atoms with van der Waals surface area (Å²) in [6.45, 7) is 0.744. The van der Waals surface area contributed by atoms with Crippen molar-refractivity contribution in [3.8, 4) is 0 Å². The normalized spacial score (nSPS) is 14.2. The van der Waals surface area contributed by atoms with Crippen molar-refractivity contribution in [3.05, 3.63) is 41.2 Å². The molecule has 0 bridgehead atoms. The molecule has 3 heterocycles. The van der Waals surface area contributed by atoms with Crippen LogP contribution in [0.5, 0.6) is 0 Å². The quantitative estimate of drug-likeness (QED) is 0.606. The summed E-state index contributed by atoms with van der Waals surface area (Å²) in [7, 11) is 2.01. The first-order valence-electron chi connectivity index (χ1n) is 4.98. The van der Waals surface area contributed by atoms with Crippen LogP contribution in [0.3, 0.4) is 0 Å². The third-order valence-corrected chi connectivity index (χ3v) is 2.70. The first-order chi connectivity index (χ1) is 7.38. The first kappa shape index (κ1) is 8.41. The molecule has 0 unspecified atom stereocenters. The third kappa shape index (κ3) is 1.13. The van der Waals surface area contributed by atoms with Crippen LogP contribution >= 0.6 is 0 Å². The average Bonchev–Trinajstić information content (AvgIpc) is 2.48. The maximum atomic E-state index is 4.53. The molecule has 0 spiro atoms. The van der Waals surface area contributed by atoms with Crippen molar-refractivity contribution in [1.29, 1.82) is 0 Å². The molecule has 3 nitrogen and oxygen atoms in total. The van der Waals surface area contributed by atoms with E-state index < -0.39 is 0 Å². The van der Waals surface area contributed by atoms with Crippen LogP contribution in [0.4, 0.5) is 0 Å². The summed E-state index contributed by atoms with van der Waals surface area (Å²) < 4.78 is 2.05. The van der Waals surface area contributed by atoms with Crippen molar-refractivity contribution in [2.45, 2.75) is 0 Å². The molecule has 0 saturated heterocycles. The Morgan fingerprint density at radius 1 is 1.40 bits per heavy atom. The Morgan fingerprint density at radius 2 is 2.33 bits per heavy atom. The van der Waals surface area contributed by atoms with Crippen molar-refractivity contribution in [3.63, 3.8) is 0 Å². The van der Waals surface area contributed by atoms with Crippen LogP contribution < -0.4 is 10.7 Å². The van der Waals surface area contributed by atoms with E-state index in [0.29, 0.717) is 0 Å². The summed E-state index contributed by atoms with van der Waals surface area (Å²) in [4.78, 5) is 8.90. The number of hydrogen-bond donors (Lipinski definition) is 0. The van der Waals surface area contributed by atoms with Gasteiger partial charge >= 0.3 is 0 Å². The molecule has 3 heteroatoms. The molecule has 74 valence electrons. The van der Waals surface area contributed by atoms with Gasteiger partial charge in [0.25, 0.3) is 0 Å². The number of aromatic nitrogens is 2. The lowest BCUT2D eigenvalue weighted by molar-refractivity contribution is 0.856. The van der Waals surface area contributed by atoms with E-state index in [9.17, 15) is 0 Å². The Bertz CT molecular complexity index is 662. The average molecular weight is 197 g/mol. The van der Waals surface area contributed by atoms with Crippen molar-refractivity contribution in [2.24, 2.45) is 12.0 Å². The van der Waals surface area contributed by atoms with Gasteiger partial charge in [-0.15, -0.1) is 0 Å². The van der Waals surface area contributed by atoms with E-state index in [-0.39, 0.29) is 0 Å². The van der Waals surface area contributed by atoms with Crippen LogP contribution in [0.2, 0.25) is 0 Å². The highest BCUT2D eigenvalue weighted by molar-refractivity contribution is 5.78. The molecule has 0 aromatic carbocycles. The lowest BCUT2D eigenvalue weighted by Gasteiger charge is -1.93. The molecule has 0 amide bonds. The maximum absolute atomic E-state index is 4.53. The van der Waals surface area contributed by atoms with Crippen LogP contribution in [0.1, 0.15) is 0 Å². The number of fused-ring (bicyclic) bond motifs is 3. The number of allylic oxidation sites excluding steroid dienone is 1. The summed E-state index contributed by atoms with van der Waals surface area (Å²) in [6.07, 6.45) is 8.04. The minimum atomic E-state index is 0.744.